The van der Waals surface area contributed by atoms with E-state index in [1.807, 2.05) is 20.8 Å². The fourth-order valence-corrected chi connectivity index (χ4v) is 1.36. The summed E-state index contributed by atoms with van der Waals surface area (Å²) in [5.41, 5.74) is 7.23. The van der Waals surface area contributed by atoms with E-state index in [0.29, 0.717) is 16.0 Å². The molecule has 15 heavy (non-hydrogen) atoms. The average Bonchev–Trinajstić information content (AvgIpc) is 2.13. The Balaban J connectivity index is 3.16. The van der Waals surface area contributed by atoms with Gasteiger partial charge in [0.05, 0.1) is 10.2 Å². The van der Waals surface area contributed by atoms with Gasteiger partial charge in [0, 0.05) is 5.92 Å². The summed E-state index contributed by atoms with van der Waals surface area (Å²) >= 11 is 3.12. The lowest BCUT2D eigenvalue weighted by Gasteiger charge is -2.06. The first-order valence-electron chi connectivity index (χ1n) is 4.71. The molecular formula is C11H14BrFN2. The average molecular weight is 273 g/mol. The molecule has 4 heteroatoms. The fraction of sp³-hybridized carbons (Fsp3) is 0.364. The van der Waals surface area contributed by atoms with Crippen molar-refractivity contribution in [3.05, 3.63) is 28.0 Å². The molecule has 0 saturated carbocycles. The molecule has 0 aliphatic carbocycles. The molecule has 0 aliphatic heterocycles. The summed E-state index contributed by atoms with van der Waals surface area (Å²) in [6.45, 7) is 5.74. The third kappa shape index (κ3) is 3.02. The number of amidine groups is 1. The van der Waals surface area contributed by atoms with Crippen LogP contribution in [0.1, 0.15) is 19.4 Å². The normalized spacial score (nSPS) is 12.3. The van der Waals surface area contributed by atoms with Gasteiger partial charge >= 0.3 is 0 Å². The third-order valence-corrected chi connectivity index (χ3v) is 2.69. The van der Waals surface area contributed by atoms with Crippen LogP contribution in [-0.2, 0) is 0 Å². The topological polar surface area (TPSA) is 38.4 Å². The van der Waals surface area contributed by atoms with Crippen molar-refractivity contribution in [3.8, 4) is 0 Å². The number of halogens is 2. The molecule has 0 aliphatic rings. The molecule has 1 aromatic carbocycles. The van der Waals surface area contributed by atoms with E-state index in [0.717, 1.165) is 5.56 Å². The highest BCUT2D eigenvalue weighted by Crippen LogP contribution is 2.26. The van der Waals surface area contributed by atoms with Crippen molar-refractivity contribution in [2.45, 2.75) is 20.8 Å². The van der Waals surface area contributed by atoms with Crippen molar-refractivity contribution < 1.29 is 4.39 Å². The molecule has 0 heterocycles. The number of nitrogens with two attached hydrogens (primary N) is 1. The summed E-state index contributed by atoms with van der Waals surface area (Å²) in [5, 5.41) is 0. The van der Waals surface area contributed by atoms with Gasteiger partial charge in [0.15, 0.2) is 0 Å². The summed E-state index contributed by atoms with van der Waals surface area (Å²) in [5.74, 6) is 0.458. The van der Waals surface area contributed by atoms with E-state index in [2.05, 4.69) is 20.9 Å². The predicted molar refractivity (Wildman–Crippen MR) is 65.0 cm³/mol. The Morgan fingerprint density at radius 3 is 2.60 bits per heavy atom. The van der Waals surface area contributed by atoms with Crippen LogP contribution >= 0.6 is 15.9 Å². The number of nitrogens with zero attached hydrogens (tertiary/aromatic N) is 1. The summed E-state index contributed by atoms with van der Waals surface area (Å²) in [4.78, 5) is 4.26. The van der Waals surface area contributed by atoms with Crippen LogP contribution in [0.25, 0.3) is 0 Å². The van der Waals surface area contributed by atoms with Gasteiger partial charge in [0.2, 0.25) is 0 Å². The number of hydrogen-bond acceptors (Lipinski definition) is 1. The van der Waals surface area contributed by atoms with Gasteiger partial charge in [0.1, 0.15) is 11.7 Å². The maximum absolute atomic E-state index is 13.1. The van der Waals surface area contributed by atoms with Crippen molar-refractivity contribution in [1.29, 1.82) is 0 Å². The molecule has 0 bridgehead atoms. The van der Waals surface area contributed by atoms with E-state index >= 15 is 0 Å². The largest absolute Gasteiger partial charge is 0.387 e. The molecule has 0 spiro atoms. The van der Waals surface area contributed by atoms with Crippen LogP contribution in [0, 0.1) is 18.7 Å². The molecule has 0 radical (unpaired) electrons. The molecule has 2 nitrogen and oxygen atoms in total. The van der Waals surface area contributed by atoms with Crippen LogP contribution in [0.2, 0.25) is 0 Å². The molecule has 82 valence electrons. The standard InChI is InChI=1S/C11H14BrFN2/c1-6(2)11(14)15-10-5-8(12)9(13)4-7(10)3/h4-6H,1-3H3,(H2,14,15). The molecule has 0 amide bonds. The van der Waals surface area contributed by atoms with Crippen molar-refractivity contribution >= 4 is 27.5 Å². The van der Waals surface area contributed by atoms with Gasteiger partial charge in [-0.1, -0.05) is 13.8 Å². The molecule has 1 rings (SSSR count). The highest BCUT2D eigenvalue weighted by Gasteiger charge is 2.06. The maximum Gasteiger partial charge on any atom is 0.137 e. The van der Waals surface area contributed by atoms with E-state index < -0.39 is 0 Å². The van der Waals surface area contributed by atoms with Gasteiger partial charge in [-0.2, -0.15) is 0 Å². The van der Waals surface area contributed by atoms with Crippen molar-refractivity contribution in [2.24, 2.45) is 16.6 Å². The van der Waals surface area contributed by atoms with Crippen molar-refractivity contribution in [1.82, 2.24) is 0 Å². The van der Waals surface area contributed by atoms with E-state index in [-0.39, 0.29) is 11.7 Å². The zero-order valence-electron chi connectivity index (χ0n) is 9.01. The van der Waals surface area contributed by atoms with Gasteiger partial charge in [-0.25, -0.2) is 9.38 Å². The zero-order chi connectivity index (χ0) is 11.6. The number of rotatable bonds is 2. The first-order chi connectivity index (χ1) is 6.91. The van der Waals surface area contributed by atoms with Gasteiger partial charge in [0.25, 0.3) is 0 Å². The van der Waals surface area contributed by atoms with Gasteiger partial charge in [-0.15, -0.1) is 0 Å². The molecular weight excluding hydrogens is 259 g/mol. The first kappa shape index (κ1) is 12.2. The summed E-state index contributed by atoms with van der Waals surface area (Å²) in [6.07, 6.45) is 0. The molecule has 0 saturated heterocycles. The Kier molecular flexibility index (Phi) is 3.85. The minimum Gasteiger partial charge on any atom is -0.387 e. The van der Waals surface area contributed by atoms with Gasteiger partial charge in [-0.05, 0) is 40.5 Å². The molecule has 1 aromatic rings. The molecule has 0 atom stereocenters. The summed E-state index contributed by atoms with van der Waals surface area (Å²) in [7, 11) is 0. The van der Waals surface area contributed by atoms with E-state index in [1.54, 1.807) is 6.07 Å². The second kappa shape index (κ2) is 4.75. The Labute approximate surface area is 97.5 Å². The van der Waals surface area contributed by atoms with Crippen molar-refractivity contribution in [2.75, 3.05) is 0 Å². The van der Waals surface area contributed by atoms with E-state index in [1.165, 1.54) is 6.07 Å². The van der Waals surface area contributed by atoms with E-state index in [4.69, 9.17) is 5.73 Å². The smallest absolute Gasteiger partial charge is 0.137 e. The Bertz CT molecular complexity index is 400. The van der Waals surface area contributed by atoms with Crippen LogP contribution in [0.3, 0.4) is 0 Å². The SMILES string of the molecule is Cc1cc(F)c(Br)cc1N=C(N)C(C)C. The van der Waals surface area contributed by atoms with Crippen molar-refractivity contribution in [3.63, 3.8) is 0 Å². The van der Waals surface area contributed by atoms with Gasteiger partial charge in [-0.3, -0.25) is 0 Å². The quantitative estimate of drug-likeness (QED) is 0.649. The lowest BCUT2D eigenvalue weighted by molar-refractivity contribution is 0.620. The lowest BCUT2D eigenvalue weighted by Crippen LogP contribution is -2.18. The van der Waals surface area contributed by atoms with Gasteiger partial charge < -0.3 is 5.73 Å². The lowest BCUT2D eigenvalue weighted by atomic mass is 10.1. The second-order valence-corrected chi connectivity index (χ2v) is 4.60. The number of aliphatic imine (C=N–C) groups is 1. The Morgan fingerprint density at radius 2 is 2.07 bits per heavy atom. The first-order valence-corrected chi connectivity index (χ1v) is 5.50. The molecule has 0 unspecified atom stereocenters. The molecule has 2 N–H and O–H groups in total. The third-order valence-electron chi connectivity index (χ3n) is 2.08. The zero-order valence-corrected chi connectivity index (χ0v) is 10.6. The monoisotopic (exact) mass is 272 g/mol. The number of benzene rings is 1. The predicted octanol–water partition coefficient (Wildman–Crippen LogP) is 3.54. The highest BCUT2D eigenvalue weighted by atomic mass is 79.9. The van der Waals surface area contributed by atoms with Crippen LogP contribution in [0.4, 0.5) is 10.1 Å². The highest BCUT2D eigenvalue weighted by molar-refractivity contribution is 9.10. The van der Waals surface area contributed by atoms with Crippen LogP contribution in [0.15, 0.2) is 21.6 Å². The minimum absolute atomic E-state index is 0.188. The van der Waals surface area contributed by atoms with Crippen LogP contribution in [-0.4, -0.2) is 5.84 Å². The van der Waals surface area contributed by atoms with Crippen LogP contribution in [0.5, 0.6) is 0 Å². The minimum atomic E-state index is -0.283. The fourth-order valence-electron chi connectivity index (χ4n) is 1.02. The Hall–Kier alpha value is -0.900. The van der Waals surface area contributed by atoms with Crippen LogP contribution < -0.4 is 5.73 Å². The summed E-state index contributed by atoms with van der Waals surface area (Å²) in [6, 6.07) is 3.08. The molecule has 0 fully saturated rings. The Morgan fingerprint density at radius 1 is 1.47 bits per heavy atom. The summed E-state index contributed by atoms with van der Waals surface area (Å²) < 4.78 is 13.5. The number of aryl methyl sites for hydroxylation is 1. The second-order valence-electron chi connectivity index (χ2n) is 3.74. The molecule has 0 aromatic heterocycles. The van der Waals surface area contributed by atoms with E-state index in [9.17, 15) is 4.39 Å². The maximum atomic E-state index is 13.1. The number of hydrogen-bond donors (Lipinski definition) is 1.